The summed E-state index contributed by atoms with van der Waals surface area (Å²) in [6, 6.07) is 13.6. The van der Waals surface area contributed by atoms with E-state index in [1.165, 1.54) is 17.7 Å². The number of aryl methyl sites for hydroxylation is 1. The molecule has 0 saturated carbocycles. The summed E-state index contributed by atoms with van der Waals surface area (Å²) < 4.78 is 25.4. The highest BCUT2D eigenvalue weighted by Gasteiger charge is 2.12. The third kappa shape index (κ3) is 4.48. The summed E-state index contributed by atoms with van der Waals surface area (Å²) in [5, 5.41) is 0. The predicted octanol–water partition coefficient (Wildman–Crippen LogP) is 3.59. The highest BCUT2D eigenvalue weighted by atomic mass is 32.2. The normalized spacial score (nSPS) is 13.9. The monoisotopic (exact) mass is 305 g/mol. The van der Waals surface area contributed by atoms with Crippen molar-refractivity contribution in [2.24, 2.45) is 5.73 Å². The van der Waals surface area contributed by atoms with Crippen LogP contribution in [0.1, 0.15) is 30.5 Å². The van der Waals surface area contributed by atoms with Crippen molar-refractivity contribution in [3.05, 3.63) is 65.5 Å². The maximum Gasteiger partial charge on any atom is 0.124 e. The van der Waals surface area contributed by atoms with Gasteiger partial charge in [-0.3, -0.25) is 4.21 Å². The van der Waals surface area contributed by atoms with Crippen LogP contribution >= 0.6 is 0 Å². The molecule has 2 nitrogen and oxygen atoms in total. The molecule has 0 saturated heterocycles. The van der Waals surface area contributed by atoms with Gasteiger partial charge in [0.25, 0.3) is 0 Å². The van der Waals surface area contributed by atoms with Gasteiger partial charge in [-0.05, 0) is 35.7 Å². The van der Waals surface area contributed by atoms with Crippen LogP contribution in [0.3, 0.4) is 0 Å². The Balaban J connectivity index is 2.03. The fourth-order valence-electron chi connectivity index (χ4n) is 2.18. The highest BCUT2D eigenvalue weighted by Crippen LogP contribution is 2.17. The maximum absolute atomic E-state index is 13.1. The van der Waals surface area contributed by atoms with Crippen LogP contribution in [0.2, 0.25) is 0 Å². The molecule has 0 bridgehead atoms. The molecule has 0 spiro atoms. The second kappa shape index (κ2) is 7.48. The largest absolute Gasteiger partial charge is 0.323 e. The van der Waals surface area contributed by atoms with Crippen LogP contribution in [-0.4, -0.2) is 9.96 Å². The van der Waals surface area contributed by atoms with Gasteiger partial charge in [0.15, 0.2) is 0 Å². The molecule has 112 valence electrons. The van der Waals surface area contributed by atoms with E-state index < -0.39 is 10.8 Å². The van der Waals surface area contributed by atoms with Crippen molar-refractivity contribution in [1.29, 1.82) is 0 Å². The van der Waals surface area contributed by atoms with E-state index in [2.05, 4.69) is 19.1 Å². The number of hydrogen-bond donors (Lipinski definition) is 1. The van der Waals surface area contributed by atoms with Gasteiger partial charge in [-0.15, -0.1) is 0 Å². The van der Waals surface area contributed by atoms with Crippen LogP contribution < -0.4 is 5.73 Å². The minimum absolute atomic E-state index is 0.288. The van der Waals surface area contributed by atoms with Gasteiger partial charge >= 0.3 is 0 Å². The minimum atomic E-state index is -1.30. The number of rotatable bonds is 6. The van der Waals surface area contributed by atoms with E-state index in [1.54, 1.807) is 12.1 Å². The predicted molar refractivity (Wildman–Crippen MR) is 85.0 cm³/mol. The lowest BCUT2D eigenvalue weighted by molar-refractivity contribution is 0.622. The molecule has 2 N–H and O–H groups in total. The average molecular weight is 305 g/mol. The molecule has 0 aromatic heterocycles. The van der Waals surface area contributed by atoms with Gasteiger partial charge in [-0.25, -0.2) is 4.39 Å². The summed E-state index contributed by atoms with van der Waals surface area (Å²) in [7, 11) is -1.30. The topological polar surface area (TPSA) is 43.1 Å². The van der Waals surface area contributed by atoms with E-state index in [1.807, 2.05) is 12.1 Å². The third-order valence-corrected chi connectivity index (χ3v) is 4.78. The summed E-state index contributed by atoms with van der Waals surface area (Å²) >= 11 is 0. The average Bonchev–Trinajstić information content (AvgIpc) is 2.48. The van der Waals surface area contributed by atoms with Gasteiger partial charge in [-0.2, -0.15) is 0 Å². The first-order valence-corrected chi connectivity index (χ1v) is 8.40. The van der Waals surface area contributed by atoms with Crippen LogP contribution in [0.15, 0.2) is 53.4 Å². The van der Waals surface area contributed by atoms with E-state index in [-0.39, 0.29) is 17.6 Å². The summed E-state index contributed by atoms with van der Waals surface area (Å²) in [5.74, 6) is -0.0883. The molecule has 2 unspecified atom stereocenters. The molecule has 0 radical (unpaired) electrons. The quantitative estimate of drug-likeness (QED) is 0.886. The molecule has 2 aromatic rings. The summed E-state index contributed by atoms with van der Waals surface area (Å²) in [4.78, 5) is 0.480. The SMILES string of the molecule is CCCc1ccc(C(N)CS(=O)c2cccc(F)c2)cc1. The van der Waals surface area contributed by atoms with Crippen molar-refractivity contribution in [3.63, 3.8) is 0 Å². The van der Waals surface area contributed by atoms with Gasteiger partial charge in [-0.1, -0.05) is 43.7 Å². The van der Waals surface area contributed by atoms with Crippen molar-refractivity contribution in [2.75, 3.05) is 5.75 Å². The molecular formula is C17H20FNOS. The Bertz CT molecular complexity index is 612. The Morgan fingerprint density at radius 2 is 1.90 bits per heavy atom. The Kier molecular flexibility index (Phi) is 5.65. The Morgan fingerprint density at radius 3 is 2.52 bits per heavy atom. The number of hydrogen-bond acceptors (Lipinski definition) is 2. The fourth-order valence-corrected chi connectivity index (χ4v) is 3.37. The molecule has 2 rings (SSSR count). The zero-order valence-electron chi connectivity index (χ0n) is 12.1. The van der Waals surface area contributed by atoms with E-state index >= 15 is 0 Å². The summed E-state index contributed by atoms with van der Waals surface area (Å²) in [6.07, 6.45) is 2.15. The molecule has 0 aliphatic heterocycles. The van der Waals surface area contributed by atoms with Crippen molar-refractivity contribution in [1.82, 2.24) is 0 Å². The Morgan fingerprint density at radius 1 is 1.19 bits per heavy atom. The lowest BCUT2D eigenvalue weighted by Gasteiger charge is -2.12. The van der Waals surface area contributed by atoms with E-state index in [9.17, 15) is 8.60 Å². The van der Waals surface area contributed by atoms with Gasteiger partial charge in [0.1, 0.15) is 5.82 Å². The van der Waals surface area contributed by atoms with E-state index in [0.29, 0.717) is 4.90 Å². The lowest BCUT2D eigenvalue weighted by Crippen LogP contribution is -2.18. The lowest BCUT2D eigenvalue weighted by atomic mass is 10.0. The fraction of sp³-hybridized carbons (Fsp3) is 0.294. The number of halogens is 1. The maximum atomic E-state index is 13.1. The van der Waals surface area contributed by atoms with Crippen LogP contribution in [-0.2, 0) is 17.2 Å². The van der Waals surface area contributed by atoms with Crippen LogP contribution in [0, 0.1) is 5.82 Å². The zero-order chi connectivity index (χ0) is 15.2. The Labute approximate surface area is 127 Å². The number of nitrogens with two attached hydrogens (primary N) is 1. The second-order valence-corrected chi connectivity index (χ2v) is 6.56. The molecule has 4 heteroatoms. The first-order valence-electron chi connectivity index (χ1n) is 7.08. The third-order valence-electron chi connectivity index (χ3n) is 3.34. The smallest absolute Gasteiger partial charge is 0.124 e. The molecule has 2 aromatic carbocycles. The van der Waals surface area contributed by atoms with E-state index in [4.69, 9.17) is 5.73 Å². The summed E-state index contributed by atoms with van der Waals surface area (Å²) in [6.45, 7) is 2.14. The Hall–Kier alpha value is -1.52. The van der Waals surface area contributed by atoms with Crippen LogP contribution in [0.4, 0.5) is 4.39 Å². The second-order valence-electron chi connectivity index (χ2n) is 5.07. The number of benzene rings is 2. The van der Waals surface area contributed by atoms with Gasteiger partial charge in [0.2, 0.25) is 0 Å². The van der Waals surface area contributed by atoms with Gasteiger partial charge < -0.3 is 5.73 Å². The standard InChI is InChI=1S/C17H20FNOS/c1-2-4-13-7-9-14(10-8-13)17(19)12-21(20)16-6-3-5-15(18)11-16/h3,5-11,17H,2,4,12,19H2,1H3. The van der Waals surface area contributed by atoms with Crippen LogP contribution in [0.25, 0.3) is 0 Å². The first kappa shape index (κ1) is 15.9. The molecule has 21 heavy (non-hydrogen) atoms. The van der Waals surface area contributed by atoms with Gasteiger partial charge in [0.05, 0.1) is 10.8 Å². The molecule has 0 amide bonds. The molecule has 0 fully saturated rings. The molecular weight excluding hydrogens is 285 g/mol. The molecule has 0 heterocycles. The van der Waals surface area contributed by atoms with Crippen molar-refractivity contribution < 1.29 is 8.60 Å². The van der Waals surface area contributed by atoms with Gasteiger partial charge in [0, 0.05) is 16.7 Å². The zero-order valence-corrected chi connectivity index (χ0v) is 12.9. The van der Waals surface area contributed by atoms with Crippen LogP contribution in [0.5, 0.6) is 0 Å². The van der Waals surface area contributed by atoms with Crippen molar-refractivity contribution in [2.45, 2.75) is 30.7 Å². The van der Waals surface area contributed by atoms with E-state index in [0.717, 1.165) is 18.4 Å². The first-order chi connectivity index (χ1) is 10.1. The molecule has 0 aliphatic carbocycles. The molecule has 0 aliphatic rings. The molecule has 2 atom stereocenters. The van der Waals surface area contributed by atoms with Crippen molar-refractivity contribution >= 4 is 10.8 Å². The minimum Gasteiger partial charge on any atom is -0.323 e. The highest BCUT2D eigenvalue weighted by molar-refractivity contribution is 7.85. The van der Waals surface area contributed by atoms with Crippen molar-refractivity contribution in [3.8, 4) is 0 Å². The summed E-state index contributed by atoms with van der Waals surface area (Å²) in [5.41, 5.74) is 8.34.